The Morgan fingerprint density at radius 2 is 1.78 bits per heavy atom. The molecule has 0 spiro atoms. The quantitative estimate of drug-likeness (QED) is 0.171. The van der Waals surface area contributed by atoms with Crippen molar-refractivity contribution >= 4 is 40.2 Å². The van der Waals surface area contributed by atoms with E-state index in [9.17, 15) is 18.0 Å². The molecule has 2 unspecified atom stereocenters. The Bertz CT molecular complexity index is 1730. The number of carbonyl (C=O) groups is 1. The lowest BCUT2D eigenvalue weighted by atomic mass is 10.0. The van der Waals surface area contributed by atoms with Crippen molar-refractivity contribution in [1.82, 2.24) is 20.2 Å². The van der Waals surface area contributed by atoms with E-state index in [-0.39, 0.29) is 17.1 Å². The summed E-state index contributed by atoms with van der Waals surface area (Å²) in [4.78, 5) is 28.8. The number of carbonyl (C=O) groups excluding carboxylic acids is 1. The molecule has 3 N–H and O–H groups in total. The summed E-state index contributed by atoms with van der Waals surface area (Å²) >= 11 is 1.52. The highest BCUT2D eigenvalue weighted by atomic mass is 32.2. The lowest BCUT2D eigenvalue weighted by Gasteiger charge is -2.19. The highest BCUT2D eigenvalue weighted by Gasteiger charge is 2.36. The average Bonchev–Trinajstić information content (AvgIpc) is 3.72. The van der Waals surface area contributed by atoms with E-state index < -0.39 is 23.1 Å². The monoisotopic (exact) mass is 645 g/mol. The van der Waals surface area contributed by atoms with Crippen LogP contribution in [-0.4, -0.2) is 52.1 Å². The molecule has 0 aliphatic carbocycles. The number of anilines is 3. The van der Waals surface area contributed by atoms with Crippen LogP contribution in [0.4, 0.5) is 30.5 Å². The highest BCUT2D eigenvalue weighted by Crippen LogP contribution is 2.45. The number of aliphatic imine (C=N–C) groups is 1. The van der Waals surface area contributed by atoms with E-state index in [0.717, 1.165) is 42.5 Å². The molecule has 2 fully saturated rings. The predicted molar refractivity (Wildman–Crippen MR) is 176 cm³/mol. The van der Waals surface area contributed by atoms with Gasteiger partial charge < -0.3 is 20.9 Å². The minimum absolute atomic E-state index is 0.228. The molecule has 1 aromatic heterocycles. The number of amidine groups is 1. The number of likely N-dealkylation sites (tertiary alicyclic amines) is 1. The standard InChI is InChI=1S/C34H34F3N7OS/c1-2-38-34-43-30(22-7-5-8-23(19-22)40-32(45)29-25(35)9-6-10-26(29)36)31(46-34)28-13-15-39-33(42-28)41-24-12-11-21(27(37)20-24)14-18-44-16-3-4-17-44/h5-13,15,19-20,30-31H,2-4,14,16-18H2,1H3,(H,38,43)(H,40,45)(H,39,41,42). The summed E-state index contributed by atoms with van der Waals surface area (Å²) in [5.41, 5.74) is 2.50. The zero-order valence-electron chi connectivity index (χ0n) is 25.3. The first kappa shape index (κ1) is 31.6. The highest BCUT2D eigenvalue weighted by molar-refractivity contribution is 8.14. The van der Waals surface area contributed by atoms with Crippen molar-refractivity contribution in [3.63, 3.8) is 0 Å². The molecule has 2 atom stereocenters. The van der Waals surface area contributed by atoms with Gasteiger partial charge in [-0.3, -0.25) is 9.79 Å². The fourth-order valence-electron chi connectivity index (χ4n) is 5.70. The summed E-state index contributed by atoms with van der Waals surface area (Å²) in [6.07, 6.45) is 4.73. The first-order valence-corrected chi connectivity index (χ1v) is 16.2. The molecule has 1 amide bonds. The molecule has 8 nitrogen and oxygen atoms in total. The van der Waals surface area contributed by atoms with E-state index in [0.29, 0.717) is 41.5 Å². The number of benzene rings is 3. The number of thioether (sulfide) groups is 1. The topological polar surface area (TPSA) is 94.5 Å². The largest absolute Gasteiger partial charge is 0.357 e. The normalized spacial score (nSPS) is 18.9. The van der Waals surface area contributed by atoms with E-state index in [1.54, 1.807) is 24.4 Å². The van der Waals surface area contributed by atoms with Gasteiger partial charge in [-0.15, -0.1) is 0 Å². The molecule has 0 saturated carbocycles. The molecule has 238 valence electrons. The molecule has 46 heavy (non-hydrogen) atoms. The van der Waals surface area contributed by atoms with Gasteiger partial charge in [0.1, 0.15) is 23.0 Å². The molecular formula is C34H34F3N7OS. The Kier molecular flexibility index (Phi) is 9.84. The molecule has 3 aromatic carbocycles. The molecule has 2 aliphatic rings. The number of rotatable bonds is 10. The van der Waals surface area contributed by atoms with Crippen molar-refractivity contribution in [2.75, 3.05) is 36.8 Å². The van der Waals surface area contributed by atoms with Crippen LogP contribution in [0.15, 0.2) is 77.9 Å². The minimum atomic E-state index is -0.938. The molecule has 0 bridgehead atoms. The maximum atomic E-state index is 15.0. The number of hydrogen-bond donors (Lipinski definition) is 3. The number of hydrogen-bond acceptors (Lipinski definition) is 7. The third-order valence-corrected chi connectivity index (χ3v) is 9.23. The van der Waals surface area contributed by atoms with Crippen molar-refractivity contribution in [3.05, 3.63) is 113 Å². The molecule has 0 radical (unpaired) electrons. The van der Waals surface area contributed by atoms with E-state index in [4.69, 9.17) is 4.98 Å². The Labute approximate surface area is 269 Å². The second-order valence-electron chi connectivity index (χ2n) is 11.2. The van der Waals surface area contributed by atoms with Gasteiger partial charge in [-0.1, -0.05) is 36.0 Å². The van der Waals surface area contributed by atoms with Crippen molar-refractivity contribution < 1.29 is 18.0 Å². The molecular weight excluding hydrogens is 611 g/mol. The van der Waals surface area contributed by atoms with Crippen LogP contribution in [0.1, 0.15) is 58.2 Å². The summed E-state index contributed by atoms with van der Waals surface area (Å²) < 4.78 is 43.4. The number of nitrogens with one attached hydrogen (secondary N) is 3. The van der Waals surface area contributed by atoms with E-state index in [2.05, 4.69) is 30.8 Å². The smallest absolute Gasteiger partial charge is 0.261 e. The Hall–Kier alpha value is -4.42. The Morgan fingerprint density at radius 1 is 1.00 bits per heavy atom. The lowest BCUT2D eigenvalue weighted by Crippen LogP contribution is -2.22. The Morgan fingerprint density at radius 3 is 2.54 bits per heavy atom. The lowest BCUT2D eigenvalue weighted by molar-refractivity contribution is 0.101. The van der Waals surface area contributed by atoms with Crippen molar-refractivity contribution in [1.29, 1.82) is 0 Å². The van der Waals surface area contributed by atoms with Gasteiger partial charge >= 0.3 is 0 Å². The van der Waals surface area contributed by atoms with Gasteiger partial charge in [-0.2, -0.15) is 0 Å². The van der Waals surface area contributed by atoms with Gasteiger partial charge in [0.05, 0.1) is 17.0 Å². The van der Waals surface area contributed by atoms with E-state index in [1.807, 2.05) is 31.2 Å². The maximum Gasteiger partial charge on any atom is 0.261 e. The van der Waals surface area contributed by atoms with Crippen LogP contribution >= 0.6 is 11.8 Å². The summed E-state index contributed by atoms with van der Waals surface area (Å²) in [5.74, 6) is -2.69. The molecule has 12 heteroatoms. The van der Waals surface area contributed by atoms with Crippen LogP contribution in [0.2, 0.25) is 0 Å². The van der Waals surface area contributed by atoms with Gasteiger partial charge in [0.15, 0.2) is 5.17 Å². The number of amides is 1. The minimum Gasteiger partial charge on any atom is -0.357 e. The summed E-state index contributed by atoms with van der Waals surface area (Å²) in [7, 11) is 0. The van der Waals surface area contributed by atoms with E-state index >= 15 is 0 Å². The van der Waals surface area contributed by atoms with Gasteiger partial charge in [0.2, 0.25) is 5.95 Å². The zero-order chi connectivity index (χ0) is 32.0. The molecule has 2 saturated heterocycles. The van der Waals surface area contributed by atoms with Gasteiger partial charge in [0.25, 0.3) is 5.91 Å². The van der Waals surface area contributed by atoms with Crippen LogP contribution in [0.25, 0.3) is 0 Å². The van der Waals surface area contributed by atoms with Crippen LogP contribution in [0.3, 0.4) is 0 Å². The predicted octanol–water partition coefficient (Wildman–Crippen LogP) is 7.02. The molecule has 2 aliphatic heterocycles. The maximum absolute atomic E-state index is 15.0. The first-order valence-electron chi connectivity index (χ1n) is 15.3. The molecule has 6 rings (SSSR count). The second kappa shape index (κ2) is 14.3. The SMILES string of the molecule is CCN=C1NC(c2cccc(NC(=O)c3c(F)cccc3F)c2)C(c2ccnc(Nc3ccc(CCN4CCCC4)c(F)c3)n2)S1. The van der Waals surface area contributed by atoms with Crippen molar-refractivity contribution in [2.24, 2.45) is 4.99 Å². The fraction of sp³-hybridized carbons (Fsp3) is 0.294. The number of aromatic nitrogens is 2. The Balaban J connectivity index is 1.19. The zero-order valence-corrected chi connectivity index (χ0v) is 26.1. The van der Waals surface area contributed by atoms with E-state index in [1.165, 1.54) is 36.7 Å². The molecule has 4 aromatic rings. The van der Waals surface area contributed by atoms with Crippen LogP contribution < -0.4 is 16.0 Å². The van der Waals surface area contributed by atoms with Gasteiger partial charge in [-0.25, -0.2) is 23.1 Å². The number of nitrogens with zero attached hydrogens (tertiary/aromatic N) is 4. The van der Waals surface area contributed by atoms with Crippen LogP contribution in [0, 0.1) is 17.5 Å². The summed E-state index contributed by atoms with van der Waals surface area (Å²) in [6.45, 7) is 5.53. The third-order valence-electron chi connectivity index (χ3n) is 7.99. The van der Waals surface area contributed by atoms with Crippen molar-refractivity contribution in [3.8, 4) is 0 Å². The first-order chi connectivity index (χ1) is 22.4. The van der Waals surface area contributed by atoms with Gasteiger partial charge in [-0.05, 0) is 92.9 Å². The number of halogens is 3. The summed E-state index contributed by atoms with van der Waals surface area (Å²) in [5, 5.41) is 9.70. The molecule has 3 heterocycles. The van der Waals surface area contributed by atoms with Crippen LogP contribution in [0.5, 0.6) is 0 Å². The van der Waals surface area contributed by atoms with Crippen molar-refractivity contribution in [2.45, 2.75) is 37.5 Å². The average molecular weight is 646 g/mol. The fourth-order valence-corrected chi connectivity index (χ4v) is 6.95. The summed E-state index contributed by atoms with van der Waals surface area (Å²) in [6, 6.07) is 17.0. The van der Waals surface area contributed by atoms with Crippen LogP contribution in [-0.2, 0) is 6.42 Å². The second-order valence-corrected chi connectivity index (χ2v) is 12.3. The van der Waals surface area contributed by atoms with Gasteiger partial charge in [0, 0.05) is 30.7 Å². The third kappa shape index (κ3) is 7.34.